The number of amides is 1. The Hall–Kier alpha value is -1.58. The number of hydrogen-bond acceptors (Lipinski definition) is 3. The molecule has 0 atom stereocenters. The molecule has 4 heteroatoms. The molecule has 1 aromatic heterocycles. The Labute approximate surface area is 108 Å². The summed E-state index contributed by atoms with van der Waals surface area (Å²) in [7, 11) is 0. The summed E-state index contributed by atoms with van der Waals surface area (Å²) in [6, 6.07) is 5.99. The van der Waals surface area contributed by atoms with Crippen LogP contribution in [0.25, 0.3) is 0 Å². The highest BCUT2D eigenvalue weighted by molar-refractivity contribution is 5.76. The summed E-state index contributed by atoms with van der Waals surface area (Å²) < 4.78 is 0. The van der Waals surface area contributed by atoms with E-state index in [0.717, 1.165) is 43.7 Å². The molecule has 98 valence electrons. The highest BCUT2D eigenvalue weighted by Gasteiger charge is 2.24. The second-order valence-electron chi connectivity index (χ2n) is 5.17. The molecule has 1 saturated carbocycles. The molecule has 4 nitrogen and oxygen atoms in total. The highest BCUT2D eigenvalue weighted by atomic mass is 16.1. The largest absolute Gasteiger partial charge is 0.370 e. The Morgan fingerprint density at radius 1 is 1.39 bits per heavy atom. The van der Waals surface area contributed by atoms with Crippen LogP contribution in [0.5, 0.6) is 0 Å². The van der Waals surface area contributed by atoms with E-state index in [1.54, 1.807) is 0 Å². The molecule has 1 heterocycles. The minimum Gasteiger partial charge on any atom is -0.370 e. The van der Waals surface area contributed by atoms with Gasteiger partial charge in [-0.25, -0.2) is 4.98 Å². The van der Waals surface area contributed by atoms with Gasteiger partial charge in [0.25, 0.3) is 0 Å². The summed E-state index contributed by atoms with van der Waals surface area (Å²) in [6.07, 6.45) is 4.02. The molecule has 3 N–H and O–H groups in total. The third-order valence-corrected chi connectivity index (χ3v) is 3.71. The number of nitrogens with two attached hydrogens (primary N) is 1. The molecule has 0 spiro atoms. The molecule has 0 saturated heterocycles. The fourth-order valence-electron chi connectivity index (χ4n) is 2.54. The fourth-order valence-corrected chi connectivity index (χ4v) is 2.54. The summed E-state index contributed by atoms with van der Waals surface area (Å²) in [6.45, 7) is 2.92. The maximum absolute atomic E-state index is 11.1. The number of pyridine rings is 1. The first kappa shape index (κ1) is 12.9. The van der Waals surface area contributed by atoms with Gasteiger partial charge < -0.3 is 11.1 Å². The van der Waals surface area contributed by atoms with Crippen molar-refractivity contribution in [2.45, 2.75) is 32.6 Å². The molecule has 1 fully saturated rings. The van der Waals surface area contributed by atoms with E-state index in [0.29, 0.717) is 5.92 Å². The summed E-state index contributed by atoms with van der Waals surface area (Å²) in [5.74, 6) is 1.52. The van der Waals surface area contributed by atoms with Crippen LogP contribution < -0.4 is 11.1 Å². The molecule has 2 rings (SSSR count). The molecule has 1 aliphatic carbocycles. The molecule has 0 aliphatic heterocycles. The van der Waals surface area contributed by atoms with E-state index in [4.69, 9.17) is 5.73 Å². The summed E-state index contributed by atoms with van der Waals surface area (Å²) in [5, 5.41) is 3.37. The van der Waals surface area contributed by atoms with Gasteiger partial charge in [-0.2, -0.15) is 0 Å². The number of primary amides is 1. The Kier molecular flexibility index (Phi) is 4.18. The van der Waals surface area contributed by atoms with Crippen molar-refractivity contribution < 1.29 is 4.79 Å². The molecule has 1 aliphatic rings. The minimum atomic E-state index is -0.137. The van der Waals surface area contributed by atoms with Crippen molar-refractivity contribution in [2.24, 2.45) is 17.6 Å². The Morgan fingerprint density at radius 3 is 2.72 bits per heavy atom. The van der Waals surface area contributed by atoms with Crippen LogP contribution in [0.15, 0.2) is 18.2 Å². The first-order valence-electron chi connectivity index (χ1n) is 6.62. The van der Waals surface area contributed by atoms with Crippen LogP contribution in [-0.2, 0) is 4.79 Å². The van der Waals surface area contributed by atoms with Crippen LogP contribution in [0.3, 0.4) is 0 Å². The fraction of sp³-hybridized carbons (Fsp3) is 0.571. The summed E-state index contributed by atoms with van der Waals surface area (Å²) in [5.41, 5.74) is 6.36. The van der Waals surface area contributed by atoms with Gasteiger partial charge in [-0.05, 0) is 50.7 Å². The minimum absolute atomic E-state index is 0.0957. The highest BCUT2D eigenvalue weighted by Crippen LogP contribution is 2.28. The van der Waals surface area contributed by atoms with Gasteiger partial charge in [-0.15, -0.1) is 0 Å². The van der Waals surface area contributed by atoms with Gasteiger partial charge in [0.15, 0.2) is 0 Å². The Bertz CT molecular complexity index is 411. The van der Waals surface area contributed by atoms with E-state index < -0.39 is 0 Å². The number of hydrogen-bond donors (Lipinski definition) is 2. The standard InChI is InChI=1S/C14H21N3O/c1-10-3-2-4-13(17-10)16-9-11-5-7-12(8-6-11)14(15)18/h2-4,11-12H,5-9H2,1H3,(H2,15,18)(H,16,17). The first-order chi connectivity index (χ1) is 8.65. The van der Waals surface area contributed by atoms with Crippen molar-refractivity contribution in [2.75, 3.05) is 11.9 Å². The second kappa shape index (κ2) is 5.85. The van der Waals surface area contributed by atoms with E-state index in [2.05, 4.69) is 10.3 Å². The molecule has 0 aromatic carbocycles. The van der Waals surface area contributed by atoms with Crippen molar-refractivity contribution in [1.29, 1.82) is 0 Å². The predicted molar refractivity (Wildman–Crippen MR) is 72.1 cm³/mol. The molecule has 1 aromatic rings. The van der Waals surface area contributed by atoms with Crippen molar-refractivity contribution in [3.63, 3.8) is 0 Å². The number of aromatic nitrogens is 1. The van der Waals surface area contributed by atoms with Crippen molar-refractivity contribution in [3.8, 4) is 0 Å². The van der Waals surface area contributed by atoms with Gasteiger partial charge in [-0.1, -0.05) is 6.07 Å². The van der Waals surface area contributed by atoms with Crippen LogP contribution in [0.2, 0.25) is 0 Å². The maximum Gasteiger partial charge on any atom is 0.220 e. The lowest BCUT2D eigenvalue weighted by Crippen LogP contribution is -2.29. The third kappa shape index (κ3) is 3.45. The van der Waals surface area contributed by atoms with Crippen LogP contribution in [0.4, 0.5) is 5.82 Å². The van der Waals surface area contributed by atoms with Gasteiger partial charge in [0.2, 0.25) is 5.91 Å². The number of nitrogens with one attached hydrogen (secondary N) is 1. The Balaban J connectivity index is 1.77. The molecular weight excluding hydrogens is 226 g/mol. The average Bonchev–Trinajstić information content (AvgIpc) is 2.37. The topological polar surface area (TPSA) is 68.0 Å². The van der Waals surface area contributed by atoms with Crippen LogP contribution in [-0.4, -0.2) is 17.4 Å². The maximum atomic E-state index is 11.1. The van der Waals surface area contributed by atoms with Gasteiger partial charge in [-0.3, -0.25) is 4.79 Å². The third-order valence-electron chi connectivity index (χ3n) is 3.71. The number of nitrogens with zero attached hydrogens (tertiary/aromatic N) is 1. The summed E-state index contributed by atoms with van der Waals surface area (Å²) >= 11 is 0. The zero-order chi connectivity index (χ0) is 13.0. The van der Waals surface area contributed by atoms with Crippen molar-refractivity contribution >= 4 is 11.7 Å². The molecule has 1 amide bonds. The van der Waals surface area contributed by atoms with E-state index in [9.17, 15) is 4.79 Å². The molecule has 0 unspecified atom stereocenters. The van der Waals surface area contributed by atoms with Gasteiger partial charge >= 0.3 is 0 Å². The van der Waals surface area contributed by atoms with Crippen LogP contribution in [0, 0.1) is 18.8 Å². The number of aryl methyl sites for hydroxylation is 1. The first-order valence-corrected chi connectivity index (χ1v) is 6.62. The molecule has 0 bridgehead atoms. The van der Waals surface area contributed by atoms with E-state index in [1.165, 1.54) is 0 Å². The molecule has 18 heavy (non-hydrogen) atoms. The van der Waals surface area contributed by atoms with Crippen LogP contribution >= 0.6 is 0 Å². The zero-order valence-corrected chi connectivity index (χ0v) is 10.9. The number of anilines is 1. The second-order valence-corrected chi connectivity index (χ2v) is 5.17. The van der Waals surface area contributed by atoms with Gasteiger partial charge in [0, 0.05) is 18.2 Å². The quantitative estimate of drug-likeness (QED) is 0.856. The SMILES string of the molecule is Cc1cccc(NCC2CCC(C(N)=O)CC2)n1. The van der Waals surface area contributed by atoms with E-state index in [1.807, 2.05) is 25.1 Å². The normalized spacial score (nSPS) is 23.6. The number of carbonyl (C=O) groups is 1. The number of rotatable bonds is 4. The average molecular weight is 247 g/mol. The lowest BCUT2D eigenvalue weighted by Gasteiger charge is -2.26. The molecular formula is C14H21N3O. The van der Waals surface area contributed by atoms with E-state index in [-0.39, 0.29) is 11.8 Å². The lowest BCUT2D eigenvalue weighted by atomic mass is 9.81. The van der Waals surface area contributed by atoms with Gasteiger partial charge in [0.1, 0.15) is 5.82 Å². The summed E-state index contributed by atoms with van der Waals surface area (Å²) in [4.78, 5) is 15.5. The van der Waals surface area contributed by atoms with Crippen LogP contribution in [0.1, 0.15) is 31.4 Å². The monoisotopic (exact) mass is 247 g/mol. The Morgan fingerprint density at radius 2 is 2.11 bits per heavy atom. The van der Waals surface area contributed by atoms with Crippen molar-refractivity contribution in [1.82, 2.24) is 4.98 Å². The zero-order valence-electron chi connectivity index (χ0n) is 10.9. The predicted octanol–water partition coefficient (Wildman–Crippen LogP) is 2.09. The smallest absolute Gasteiger partial charge is 0.220 e. The molecule has 0 radical (unpaired) electrons. The number of carbonyl (C=O) groups excluding carboxylic acids is 1. The van der Waals surface area contributed by atoms with Crippen molar-refractivity contribution in [3.05, 3.63) is 23.9 Å². The lowest BCUT2D eigenvalue weighted by molar-refractivity contribution is -0.122. The van der Waals surface area contributed by atoms with Gasteiger partial charge in [0.05, 0.1) is 0 Å². The van der Waals surface area contributed by atoms with E-state index >= 15 is 0 Å².